The molecule has 6 rings (SSSR count). The fourth-order valence-corrected chi connectivity index (χ4v) is 5.64. The molecule has 0 atom stereocenters. The topological polar surface area (TPSA) is 0 Å². The summed E-state index contributed by atoms with van der Waals surface area (Å²) < 4.78 is 62.6. The van der Waals surface area contributed by atoms with Gasteiger partial charge in [0.25, 0.3) is 0 Å². The third-order valence-electron chi connectivity index (χ3n) is 7.88. The number of aryl methyl sites for hydroxylation is 4. The monoisotopic (exact) mass is 560 g/mol. The van der Waals surface area contributed by atoms with Gasteiger partial charge in [-0.3, -0.25) is 0 Å². The Morgan fingerprint density at radius 3 is 0.738 bits per heavy atom. The molecule has 6 aromatic carbocycles. The summed E-state index contributed by atoms with van der Waals surface area (Å²) in [5.74, 6) is -6.50. The second-order valence-corrected chi connectivity index (χ2v) is 11.0. The smallest absolute Gasteiger partial charge is 0.198 e. The fourth-order valence-electron chi connectivity index (χ4n) is 5.64. The zero-order chi connectivity index (χ0) is 29.7. The van der Waals surface area contributed by atoms with E-state index in [2.05, 4.69) is 0 Å². The van der Waals surface area contributed by atoms with Crippen LogP contribution < -0.4 is 0 Å². The Morgan fingerprint density at radius 2 is 0.500 bits per heavy atom. The number of hydrogen-bond donors (Lipinski definition) is 0. The molecule has 0 aliphatic heterocycles. The van der Waals surface area contributed by atoms with Crippen molar-refractivity contribution in [1.82, 2.24) is 0 Å². The van der Waals surface area contributed by atoms with Crippen molar-refractivity contribution in [1.29, 1.82) is 0 Å². The lowest BCUT2D eigenvalue weighted by Gasteiger charge is -2.25. The van der Waals surface area contributed by atoms with Gasteiger partial charge in [0, 0.05) is 21.9 Å². The number of fused-ring (bicyclic) bond motifs is 1. The SMILES string of the molecule is Cc1ccc(-c2c(-c3ccc(C)cc3)c(-c3ccc(C)cc3)c3c(F)c(F)c(F)c(F)c3c2-c2ccc(C)cc2)cc1. The van der Waals surface area contributed by atoms with E-state index in [9.17, 15) is 0 Å². The molecule has 6 aromatic rings. The van der Waals surface area contributed by atoms with Crippen LogP contribution in [-0.4, -0.2) is 0 Å². The van der Waals surface area contributed by atoms with Gasteiger partial charge in [0.1, 0.15) is 0 Å². The average Bonchev–Trinajstić information content (AvgIpc) is 2.99. The van der Waals surface area contributed by atoms with Crippen LogP contribution in [0.25, 0.3) is 55.3 Å². The Labute approximate surface area is 242 Å². The fraction of sp³-hybridized carbons (Fsp3) is 0.105. The van der Waals surface area contributed by atoms with Crippen LogP contribution >= 0.6 is 0 Å². The van der Waals surface area contributed by atoms with Crippen molar-refractivity contribution >= 4 is 10.8 Å². The van der Waals surface area contributed by atoms with Crippen molar-refractivity contribution in [2.24, 2.45) is 0 Å². The molecule has 0 saturated carbocycles. The number of halogens is 4. The molecule has 0 aliphatic rings. The molecule has 0 aliphatic carbocycles. The average molecular weight is 561 g/mol. The molecule has 208 valence electrons. The zero-order valence-corrected chi connectivity index (χ0v) is 23.7. The minimum atomic E-state index is -1.83. The molecular weight excluding hydrogens is 532 g/mol. The van der Waals surface area contributed by atoms with Gasteiger partial charge in [-0.1, -0.05) is 119 Å². The summed E-state index contributed by atoms with van der Waals surface area (Å²) in [6.45, 7) is 7.79. The van der Waals surface area contributed by atoms with Gasteiger partial charge in [0.15, 0.2) is 23.3 Å². The van der Waals surface area contributed by atoms with Crippen LogP contribution in [0.5, 0.6) is 0 Å². The molecule has 0 spiro atoms. The molecule has 0 aromatic heterocycles. The third kappa shape index (κ3) is 4.57. The van der Waals surface area contributed by atoms with Gasteiger partial charge in [-0.25, -0.2) is 17.6 Å². The van der Waals surface area contributed by atoms with Crippen molar-refractivity contribution < 1.29 is 17.6 Å². The maximum atomic E-state index is 16.2. The Hall–Kier alpha value is -4.70. The van der Waals surface area contributed by atoms with Gasteiger partial charge in [-0.15, -0.1) is 0 Å². The van der Waals surface area contributed by atoms with Gasteiger partial charge in [0.2, 0.25) is 0 Å². The van der Waals surface area contributed by atoms with Crippen LogP contribution in [0.3, 0.4) is 0 Å². The highest BCUT2D eigenvalue weighted by atomic mass is 19.2. The summed E-state index contributed by atoms with van der Waals surface area (Å²) in [6.07, 6.45) is 0. The summed E-state index contributed by atoms with van der Waals surface area (Å²) in [4.78, 5) is 0. The summed E-state index contributed by atoms with van der Waals surface area (Å²) in [7, 11) is 0. The number of benzene rings is 6. The van der Waals surface area contributed by atoms with Gasteiger partial charge in [0.05, 0.1) is 0 Å². The number of rotatable bonds is 4. The molecule has 42 heavy (non-hydrogen) atoms. The summed E-state index contributed by atoms with van der Waals surface area (Å²) in [5.41, 5.74) is 8.42. The first kappa shape index (κ1) is 27.5. The first-order chi connectivity index (χ1) is 20.2. The Balaban J connectivity index is 1.97. The highest BCUT2D eigenvalue weighted by molar-refractivity contribution is 6.18. The van der Waals surface area contributed by atoms with Gasteiger partial charge >= 0.3 is 0 Å². The highest BCUT2D eigenvalue weighted by Crippen LogP contribution is 2.52. The minimum Gasteiger partial charge on any atom is -0.203 e. The second-order valence-electron chi connectivity index (χ2n) is 11.0. The van der Waals surface area contributed by atoms with E-state index in [0.717, 1.165) is 33.4 Å². The standard InChI is InChI=1S/C38H28F4/c1-21-5-13-25(14-6-21)29-30(26-15-7-22(2)8-16-26)32(28-19-11-24(4)12-20-28)34-33(35(39)37(41)38(42)36(34)40)31(29)27-17-9-23(3)10-18-27/h5-20H,1-4H3. The van der Waals surface area contributed by atoms with E-state index in [4.69, 9.17) is 0 Å². The summed E-state index contributed by atoms with van der Waals surface area (Å²) in [6, 6.07) is 30.2. The largest absolute Gasteiger partial charge is 0.203 e. The van der Waals surface area contributed by atoms with Crippen LogP contribution in [-0.2, 0) is 0 Å². The highest BCUT2D eigenvalue weighted by Gasteiger charge is 2.31. The summed E-state index contributed by atoms with van der Waals surface area (Å²) in [5, 5.41) is -0.588. The lowest BCUT2D eigenvalue weighted by molar-refractivity contribution is 0.418. The van der Waals surface area contributed by atoms with Crippen LogP contribution in [0.4, 0.5) is 17.6 Å². The molecule has 0 heterocycles. The molecule has 0 saturated heterocycles. The Morgan fingerprint density at radius 1 is 0.286 bits per heavy atom. The van der Waals surface area contributed by atoms with Crippen LogP contribution in [0, 0.1) is 51.0 Å². The van der Waals surface area contributed by atoms with Gasteiger partial charge in [-0.2, -0.15) is 0 Å². The molecule has 0 fully saturated rings. The predicted molar refractivity (Wildman–Crippen MR) is 164 cm³/mol. The van der Waals surface area contributed by atoms with Crippen molar-refractivity contribution in [2.75, 3.05) is 0 Å². The molecule has 4 heteroatoms. The normalized spacial score (nSPS) is 11.3. The Bertz CT molecular complexity index is 1810. The quantitative estimate of drug-likeness (QED) is 0.114. The van der Waals surface area contributed by atoms with E-state index >= 15 is 17.6 Å². The van der Waals surface area contributed by atoms with E-state index in [1.54, 1.807) is 0 Å². The maximum Gasteiger partial charge on any atom is 0.198 e. The van der Waals surface area contributed by atoms with Crippen molar-refractivity contribution in [2.45, 2.75) is 27.7 Å². The van der Waals surface area contributed by atoms with Crippen molar-refractivity contribution in [3.63, 3.8) is 0 Å². The molecule has 0 unspecified atom stereocenters. The van der Waals surface area contributed by atoms with Crippen molar-refractivity contribution in [3.05, 3.63) is 143 Å². The molecule has 0 bridgehead atoms. The summed E-state index contributed by atoms with van der Waals surface area (Å²) >= 11 is 0. The van der Waals surface area contributed by atoms with E-state index in [-0.39, 0.29) is 10.8 Å². The molecule has 0 nitrogen and oxygen atoms in total. The lowest BCUT2D eigenvalue weighted by atomic mass is 9.78. The predicted octanol–water partition coefficient (Wildman–Crippen LogP) is 11.3. The van der Waals surface area contributed by atoms with Crippen molar-refractivity contribution in [3.8, 4) is 44.5 Å². The molecule has 0 radical (unpaired) electrons. The zero-order valence-electron chi connectivity index (χ0n) is 23.7. The van der Waals surface area contributed by atoms with Gasteiger partial charge in [-0.05, 0) is 61.1 Å². The van der Waals surface area contributed by atoms with E-state index in [1.807, 2.05) is 125 Å². The lowest BCUT2D eigenvalue weighted by Crippen LogP contribution is -2.05. The van der Waals surface area contributed by atoms with E-state index in [0.29, 0.717) is 33.4 Å². The number of hydrogen-bond acceptors (Lipinski definition) is 0. The van der Waals surface area contributed by atoms with E-state index in [1.165, 1.54) is 0 Å². The second kappa shape index (κ2) is 10.6. The molecule has 0 amide bonds. The minimum absolute atomic E-state index is 0.294. The first-order valence-electron chi connectivity index (χ1n) is 13.8. The molecular formula is C38H28F4. The molecule has 0 N–H and O–H groups in total. The van der Waals surface area contributed by atoms with Crippen LogP contribution in [0.15, 0.2) is 97.1 Å². The van der Waals surface area contributed by atoms with Crippen LogP contribution in [0.1, 0.15) is 22.3 Å². The Kier molecular flexibility index (Phi) is 6.94. The third-order valence-corrected chi connectivity index (χ3v) is 7.88. The van der Waals surface area contributed by atoms with E-state index < -0.39 is 23.3 Å². The first-order valence-corrected chi connectivity index (χ1v) is 13.8. The van der Waals surface area contributed by atoms with Crippen LogP contribution in [0.2, 0.25) is 0 Å². The van der Waals surface area contributed by atoms with Gasteiger partial charge < -0.3 is 0 Å². The maximum absolute atomic E-state index is 16.2.